The molecule has 0 unspecified atom stereocenters. The molecule has 1 amide bonds. The number of carbonyl (C=O) groups excluding carboxylic acids is 1. The van der Waals surface area contributed by atoms with Crippen LogP contribution in [0.3, 0.4) is 0 Å². The number of benzene rings is 1. The summed E-state index contributed by atoms with van der Waals surface area (Å²) >= 11 is 0. The first-order valence-corrected chi connectivity index (χ1v) is 9.85. The Balaban J connectivity index is 0.00000256. The van der Waals surface area contributed by atoms with Gasteiger partial charge in [-0.1, -0.05) is 0 Å². The van der Waals surface area contributed by atoms with Gasteiger partial charge >= 0.3 is 63.4 Å². The van der Waals surface area contributed by atoms with Crippen molar-refractivity contribution in [1.29, 1.82) is 0 Å². The fraction of sp³-hybridized carbons (Fsp3) is 0.476. The van der Waals surface area contributed by atoms with E-state index in [1.54, 1.807) is 37.5 Å². The van der Waals surface area contributed by atoms with Crippen LogP contribution in [-0.2, 0) is 11.3 Å². The first kappa shape index (κ1) is 25.8. The maximum Gasteiger partial charge on any atom is 1.00 e. The topological polar surface area (TPSA) is 92.1 Å². The SMILES string of the molecule is CCn1c(C(=O)O)cc(=O)c2cc(F)c(N3CCN(C(=O)OC(C)(C)C)CC3)cc21.[H-].[K+]. The van der Waals surface area contributed by atoms with Gasteiger partial charge in [-0.15, -0.1) is 0 Å². The average Bonchev–Trinajstić information content (AvgIpc) is 2.66. The van der Waals surface area contributed by atoms with E-state index < -0.39 is 28.9 Å². The number of pyridine rings is 1. The Kier molecular flexibility index (Phi) is 8.31. The number of piperazine rings is 1. The van der Waals surface area contributed by atoms with Crippen LogP contribution < -0.4 is 61.7 Å². The Labute approximate surface area is 223 Å². The Morgan fingerprint density at radius 1 is 1.16 bits per heavy atom. The van der Waals surface area contributed by atoms with Crippen LogP contribution in [0.5, 0.6) is 0 Å². The van der Waals surface area contributed by atoms with Gasteiger partial charge in [0.25, 0.3) is 0 Å². The van der Waals surface area contributed by atoms with E-state index in [0.717, 1.165) is 12.1 Å². The third kappa shape index (κ3) is 5.67. The van der Waals surface area contributed by atoms with Crippen molar-refractivity contribution in [1.82, 2.24) is 9.47 Å². The van der Waals surface area contributed by atoms with Gasteiger partial charge in [0.1, 0.15) is 17.1 Å². The normalized spacial score (nSPS) is 14.4. The number of halogens is 1. The molecule has 1 saturated heterocycles. The van der Waals surface area contributed by atoms with Crippen molar-refractivity contribution < 1.29 is 76.6 Å². The van der Waals surface area contributed by atoms with E-state index in [1.807, 2.05) is 0 Å². The third-order valence-corrected chi connectivity index (χ3v) is 4.99. The number of hydrogen-bond acceptors (Lipinski definition) is 5. The molecule has 1 aliphatic heterocycles. The average molecular weight is 460 g/mol. The van der Waals surface area contributed by atoms with Gasteiger partial charge < -0.3 is 25.6 Å². The minimum absolute atomic E-state index is 0. The second kappa shape index (κ2) is 9.99. The molecule has 2 heterocycles. The first-order chi connectivity index (χ1) is 14.0. The molecule has 1 aliphatic rings. The maximum absolute atomic E-state index is 14.8. The van der Waals surface area contributed by atoms with E-state index in [4.69, 9.17) is 4.74 Å². The number of carbonyl (C=O) groups is 2. The van der Waals surface area contributed by atoms with Crippen molar-refractivity contribution in [3.63, 3.8) is 0 Å². The number of carboxylic acid groups (broad SMARTS) is 1. The molecule has 31 heavy (non-hydrogen) atoms. The van der Waals surface area contributed by atoms with Gasteiger partial charge in [0, 0.05) is 44.2 Å². The summed E-state index contributed by atoms with van der Waals surface area (Å²) in [5, 5.41) is 9.56. The number of amides is 1. The smallest absolute Gasteiger partial charge is 1.00 e. The van der Waals surface area contributed by atoms with Crippen LogP contribution >= 0.6 is 0 Å². The van der Waals surface area contributed by atoms with Crippen molar-refractivity contribution in [3.8, 4) is 0 Å². The molecule has 0 bridgehead atoms. The van der Waals surface area contributed by atoms with Crippen molar-refractivity contribution in [2.75, 3.05) is 31.1 Å². The van der Waals surface area contributed by atoms with Crippen LogP contribution in [0.1, 0.15) is 39.6 Å². The second-order valence-electron chi connectivity index (χ2n) is 8.22. The van der Waals surface area contributed by atoms with E-state index >= 15 is 0 Å². The molecule has 164 valence electrons. The number of aryl methyl sites for hydroxylation is 1. The quantitative estimate of drug-likeness (QED) is 0.652. The van der Waals surface area contributed by atoms with Gasteiger partial charge in [-0.2, -0.15) is 0 Å². The molecule has 0 aliphatic carbocycles. The minimum Gasteiger partial charge on any atom is -1.00 e. The molecule has 1 aromatic heterocycles. The zero-order valence-corrected chi connectivity index (χ0v) is 21.7. The number of nitrogens with zero attached hydrogens (tertiary/aromatic N) is 3. The van der Waals surface area contributed by atoms with Crippen LogP contribution in [0.2, 0.25) is 0 Å². The molecule has 0 radical (unpaired) electrons. The summed E-state index contributed by atoms with van der Waals surface area (Å²) in [7, 11) is 0. The van der Waals surface area contributed by atoms with E-state index in [-0.39, 0.29) is 69.6 Å². The Morgan fingerprint density at radius 2 is 1.77 bits per heavy atom. The molecule has 8 nitrogen and oxygen atoms in total. The van der Waals surface area contributed by atoms with Crippen molar-refractivity contribution in [2.24, 2.45) is 0 Å². The van der Waals surface area contributed by atoms with Crippen molar-refractivity contribution in [2.45, 2.75) is 39.8 Å². The largest absolute Gasteiger partial charge is 1.00 e. The van der Waals surface area contributed by atoms with Crippen LogP contribution in [0.25, 0.3) is 10.9 Å². The Morgan fingerprint density at radius 3 is 2.29 bits per heavy atom. The molecule has 0 saturated carbocycles. The summed E-state index contributed by atoms with van der Waals surface area (Å²) in [6.07, 6.45) is -0.410. The van der Waals surface area contributed by atoms with E-state index in [9.17, 15) is 23.9 Å². The molecule has 0 spiro atoms. The van der Waals surface area contributed by atoms with E-state index in [1.165, 1.54) is 10.6 Å². The molecule has 1 aromatic carbocycles. The number of anilines is 1. The molecule has 3 rings (SSSR count). The van der Waals surface area contributed by atoms with Gasteiger partial charge in [-0.05, 0) is 39.8 Å². The number of aromatic nitrogens is 1. The van der Waals surface area contributed by atoms with Crippen LogP contribution in [0.4, 0.5) is 14.9 Å². The third-order valence-electron chi connectivity index (χ3n) is 4.99. The van der Waals surface area contributed by atoms with Gasteiger partial charge in [0.05, 0.1) is 11.2 Å². The van der Waals surface area contributed by atoms with Crippen molar-refractivity contribution >= 4 is 28.7 Å². The Hall–Kier alpha value is -1.46. The molecule has 10 heteroatoms. The number of rotatable bonds is 3. The maximum atomic E-state index is 14.8. The van der Waals surface area contributed by atoms with Gasteiger partial charge in [0.15, 0.2) is 5.43 Å². The number of aromatic carboxylic acids is 1. The number of hydrogen-bond donors (Lipinski definition) is 1. The summed E-state index contributed by atoms with van der Waals surface area (Å²) in [6, 6.07) is 3.70. The zero-order valence-electron chi connectivity index (χ0n) is 19.6. The zero-order chi connectivity index (χ0) is 22.2. The summed E-state index contributed by atoms with van der Waals surface area (Å²) in [5.41, 5.74) is -0.622. The standard InChI is InChI=1S/C21H26FN3O5.K.H/c1-5-25-15-11-16(14(22)10-13(15)18(26)12-17(25)19(27)28)23-6-8-24(9-7-23)20(29)30-21(2,3)4;;/h10-12H,5-9H2,1-4H3,(H,27,28);;/q;+1;-1. The molecule has 1 fully saturated rings. The van der Waals surface area contributed by atoms with Crippen LogP contribution in [-0.4, -0.2) is 58.4 Å². The molecular weight excluding hydrogens is 432 g/mol. The first-order valence-electron chi connectivity index (χ1n) is 9.85. The predicted octanol–water partition coefficient (Wildman–Crippen LogP) is 0.0323. The Bertz CT molecular complexity index is 1060. The van der Waals surface area contributed by atoms with Gasteiger partial charge in [-0.3, -0.25) is 4.79 Å². The summed E-state index contributed by atoms with van der Waals surface area (Å²) in [5.74, 6) is -1.77. The van der Waals surface area contributed by atoms with E-state index in [2.05, 4.69) is 0 Å². The van der Waals surface area contributed by atoms with Gasteiger partial charge in [0.2, 0.25) is 0 Å². The fourth-order valence-electron chi connectivity index (χ4n) is 3.60. The summed E-state index contributed by atoms with van der Waals surface area (Å²) < 4.78 is 21.7. The second-order valence-corrected chi connectivity index (χ2v) is 8.22. The monoisotopic (exact) mass is 459 g/mol. The van der Waals surface area contributed by atoms with Crippen LogP contribution in [0.15, 0.2) is 23.0 Å². The number of ether oxygens (including phenoxy) is 1. The molecular formula is C21H27FKN3O5. The van der Waals surface area contributed by atoms with Gasteiger partial charge in [-0.25, -0.2) is 14.0 Å². The predicted molar refractivity (Wildman–Crippen MR) is 112 cm³/mol. The van der Waals surface area contributed by atoms with Crippen LogP contribution in [0, 0.1) is 5.82 Å². The molecule has 1 N–H and O–H groups in total. The summed E-state index contributed by atoms with van der Waals surface area (Å²) in [4.78, 5) is 39.5. The van der Waals surface area contributed by atoms with E-state index in [0.29, 0.717) is 38.2 Å². The number of fused-ring (bicyclic) bond motifs is 1. The molecule has 2 aromatic rings. The van der Waals surface area contributed by atoms with Crippen molar-refractivity contribution in [3.05, 3.63) is 39.9 Å². The fourth-order valence-corrected chi connectivity index (χ4v) is 3.60. The minimum atomic E-state index is -1.22. The summed E-state index contributed by atoms with van der Waals surface area (Å²) in [6.45, 7) is 8.96. The number of carboxylic acids is 1. The molecule has 0 atom stereocenters.